The van der Waals surface area contributed by atoms with Crippen LogP contribution in [0.25, 0.3) is 16.7 Å². The number of aryl methyl sites for hydroxylation is 1. The zero-order chi connectivity index (χ0) is 19.1. The average molecular weight is 370 g/mol. The monoisotopic (exact) mass is 370 g/mol. The van der Waals surface area contributed by atoms with E-state index in [0.717, 1.165) is 23.8 Å². The Balaban J connectivity index is 1.89. The number of hydrogen-bond acceptors (Lipinski definition) is 3. The standard InChI is InChI=1S/C19H19FN4O3/c1-22-11-14(17(25)23-9-3-2-4-10-23)15-16(22)18(26)24(19(27)21-15)13-7-5-12(20)6-8-13/h5-8,11H,2-4,9-10H2,1H3,(H,21,27). The van der Waals surface area contributed by atoms with Crippen molar-refractivity contribution >= 4 is 16.9 Å². The molecule has 1 aliphatic heterocycles. The fourth-order valence-electron chi connectivity index (χ4n) is 3.63. The lowest BCUT2D eigenvalue weighted by molar-refractivity contribution is 0.0726. The summed E-state index contributed by atoms with van der Waals surface area (Å²) in [6.45, 7) is 1.35. The van der Waals surface area contributed by atoms with Gasteiger partial charge in [-0.25, -0.2) is 13.8 Å². The number of fused-ring (bicyclic) bond motifs is 1. The van der Waals surface area contributed by atoms with Crippen LogP contribution in [0.15, 0.2) is 40.1 Å². The van der Waals surface area contributed by atoms with Gasteiger partial charge in [-0.3, -0.25) is 9.59 Å². The number of carbonyl (C=O) groups excluding carboxylic acids is 1. The maximum atomic E-state index is 13.2. The fraction of sp³-hybridized carbons (Fsp3) is 0.316. The van der Waals surface area contributed by atoms with E-state index in [1.807, 2.05) is 0 Å². The smallest absolute Gasteiger partial charge is 0.333 e. The molecule has 4 rings (SSSR count). The van der Waals surface area contributed by atoms with Crippen LogP contribution in [-0.2, 0) is 7.05 Å². The first-order valence-corrected chi connectivity index (χ1v) is 8.87. The summed E-state index contributed by atoms with van der Waals surface area (Å²) in [7, 11) is 1.66. The molecule has 3 aromatic rings. The van der Waals surface area contributed by atoms with E-state index >= 15 is 0 Å². The molecule has 2 aromatic heterocycles. The number of piperidine rings is 1. The van der Waals surface area contributed by atoms with Gasteiger partial charge < -0.3 is 14.5 Å². The van der Waals surface area contributed by atoms with Crippen LogP contribution in [0.2, 0.25) is 0 Å². The Hall–Kier alpha value is -3.16. The number of halogens is 1. The lowest BCUT2D eigenvalue weighted by atomic mass is 10.1. The summed E-state index contributed by atoms with van der Waals surface area (Å²) in [6, 6.07) is 5.09. The number of rotatable bonds is 2. The minimum absolute atomic E-state index is 0.185. The molecular formula is C19H19FN4O3. The molecule has 0 unspecified atom stereocenters. The van der Waals surface area contributed by atoms with Crippen molar-refractivity contribution in [1.29, 1.82) is 0 Å². The van der Waals surface area contributed by atoms with Gasteiger partial charge >= 0.3 is 5.69 Å². The molecule has 1 fully saturated rings. The first-order chi connectivity index (χ1) is 13.0. The Kier molecular flexibility index (Phi) is 4.18. The molecule has 3 heterocycles. The van der Waals surface area contributed by atoms with E-state index in [1.54, 1.807) is 22.7 Å². The predicted molar refractivity (Wildman–Crippen MR) is 98.8 cm³/mol. The molecule has 1 aliphatic rings. The van der Waals surface area contributed by atoms with Gasteiger partial charge in [0.2, 0.25) is 0 Å². The molecule has 0 saturated carbocycles. The van der Waals surface area contributed by atoms with Crippen LogP contribution in [-0.4, -0.2) is 38.0 Å². The third-order valence-electron chi connectivity index (χ3n) is 4.98. The van der Waals surface area contributed by atoms with Crippen molar-refractivity contribution in [2.24, 2.45) is 7.05 Å². The number of hydrogen-bond donors (Lipinski definition) is 1. The Morgan fingerprint density at radius 3 is 2.41 bits per heavy atom. The largest absolute Gasteiger partial charge is 0.344 e. The second-order valence-corrected chi connectivity index (χ2v) is 6.78. The van der Waals surface area contributed by atoms with Crippen LogP contribution in [0.5, 0.6) is 0 Å². The number of likely N-dealkylation sites (tertiary alicyclic amines) is 1. The van der Waals surface area contributed by atoms with Crippen LogP contribution in [0.1, 0.15) is 29.6 Å². The number of nitrogens with zero attached hydrogens (tertiary/aromatic N) is 3. The van der Waals surface area contributed by atoms with Crippen molar-refractivity contribution in [3.8, 4) is 5.69 Å². The van der Waals surface area contributed by atoms with Crippen LogP contribution >= 0.6 is 0 Å². The highest BCUT2D eigenvalue weighted by Crippen LogP contribution is 2.19. The quantitative estimate of drug-likeness (QED) is 0.747. The van der Waals surface area contributed by atoms with Gasteiger partial charge in [0.1, 0.15) is 11.3 Å². The first-order valence-electron chi connectivity index (χ1n) is 8.87. The summed E-state index contributed by atoms with van der Waals surface area (Å²) in [5, 5.41) is 0. The zero-order valence-electron chi connectivity index (χ0n) is 14.9. The lowest BCUT2D eigenvalue weighted by Crippen LogP contribution is -2.36. The molecule has 0 spiro atoms. The topological polar surface area (TPSA) is 80.1 Å². The van der Waals surface area contributed by atoms with Crippen LogP contribution < -0.4 is 11.2 Å². The Bertz CT molecular complexity index is 1130. The number of amides is 1. The highest BCUT2D eigenvalue weighted by atomic mass is 19.1. The molecule has 0 atom stereocenters. The normalized spacial score (nSPS) is 14.7. The minimum Gasteiger partial charge on any atom is -0.344 e. The van der Waals surface area contributed by atoms with E-state index in [9.17, 15) is 18.8 Å². The maximum absolute atomic E-state index is 13.2. The van der Waals surface area contributed by atoms with E-state index in [-0.39, 0.29) is 22.6 Å². The van der Waals surface area contributed by atoms with Gasteiger partial charge in [0.15, 0.2) is 0 Å². The van der Waals surface area contributed by atoms with Gasteiger partial charge in [-0.2, -0.15) is 0 Å². The molecule has 27 heavy (non-hydrogen) atoms. The Morgan fingerprint density at radius 2 is 1.74 bits per heavy atom. The molecule has 7 nitrogen and oxygen atoms in total. The number of carbonyl (C=O) groups is 1. The summed E-state index contributed by atoms with van der Waals surface area (Å²) >= 11 is 0. The summed E-state index contributed by atoms with van der Waals surface area (Å²) < 4.78 is 15.7. The van der Waals surface area contributed by atoms with Crippen LogP contribution in [0.4, 0.5) is 4.39 Å². The van der Waals surface area contributed by atoms with Crippen molar-refractivity contribution in [1.82, 2.24) is 19.0 Å². The van der Waals surface area contributed by atoms with Crippen molar-refractivity contribution in [2.75, 3.05) is 13.1 Å². The average Bonchev–Trinajstić information content (AvgIpc) is 2.99. The molecule has 8 heteroatoms. The maximum Gasteiger partial charge on any atom is 0.333 e. The molecule has 0 aliphatic carbocycles. The van der Waals surface area contributed by atoms with Gasteiger partial charge in [-0.05, 0) is 43.5 Å². The van der Waals surface area contributed by atoms with E-state index in [1.165, 1.54) is 24.3 Å². The molecule has 1 saturated heterocycles. The third kappa shape index (κ3) is 2.87. The summed E-state index contributed by atoms with van der Waals surface area (Å²) in [5.74, 6) is -0.646. The zero-order valence-corrected chi connectivity index (χ0v) is 14.9. The van der Waals surface area contributed by atoms with Crippen molar-refractivity contribution in [2.45, 2.75) is 19.3 Å². The van der Waals surface area contributed by atoms with Gasteiger partial charge in [-0.15, -0.1) is 0 Å². The number of aromatic nitrogens is 3. The van der Waals surface area contributed by atoms with E-state index < -0.39 is 17.1 Å². The van der Waals surface area contributed by atoms with Gasteiger partial charge in [0.05, 0.1) is 16.8 Å². The fourth-order valence-corrected chi connectivity index (χ4v) is 3.63. The van der Waals surface area contributed by atoms with E-state index in [0.29, 0.717) is 18.7 Å². The number of H-pyrrole nitrogens is 1. The highest BCUT2D eigenvalue weighted by Gasteiger charge is 2.24. The molecule has 1 aromatic carbocycles. The molecule has 140 valence electrons. The molecule has 0 radical (unpaired) electrons. The summed E-state index contributed by atoms with van der Waals surface area (Å²) in [4.78, 5) is 42.9. The van der Waals surface area contributed by atoms with Gasteiger partial charge in [0.25, 0.3) is 11.5 Å². The lowest BCUT2D eigenvalue weighted by Gasteiger charge is -2.26. The van der Waals surface area contributed by atoms with E-state index in [2.05, 4.69) is 4.98 Å². The Labute approximate surface area is 153 Å². The van der Waals surface area contributed by atoms with E-state index in [4.69, 9.17) is 0 Å². The number of benzene rings is 1. The van der Waals surface area contributed by atoms with Crippen LogP contribution in [0, 0.1) is 5.82 Å². The second-order valence-electron chi connectivity index (χ2n) is 6.78. The third-order valence-corrected chi connectivity index (χ3v) is 4.98. The Morgan fingerprint density at radius 1 is 1.07 bits per heavy atom. The second kappa shape index (κ2) is 6.53. The summed E-state index contributed by atoms with van der Waals surface area (Å²) in [6.07, 6.45) is 4.57. The number of nitrogens with one attached hydrogen (secondary N) is 1. The number of aromatic amines is 1. The van der Waals surface area contributed by atoms with Crippen molar-refractivity contribution < 1.29 is 9.18 Å². The van der Waals surface area contributed by atoms with Crippen LogP contribution in [0.3, 0.4) is 0 Å². The SMILES string of the molecule is Cn1cc(C(=O)N2CCCCC2)c2[nH]c(=O)n(-c3ccc(F)cc3)c(=O)c21. The highest BCUT2D eigenvalue weighted by molar-refractivity contribution is 6.05. The predicted octanol–water partition coefficient (Wildman–Crippen LogP) is 1.78. The molecule has 1 amide bonds. The molecule has 1 N–H and O–H groups in total. The van der Waals surface area contributed by atoms with Crippen molar-refractivity contribution in [3.63, 3.8) is 0 Å². The van der Waals surface area contributed by atoms with Gasteiger partial charge in [0, 0.05) is 26.3 Å². The minimum atomic E-state index is -0.669. The summed E-state index contributed by atoms with van der Waals surface area (Å²) in [5.41, 5.74) is -0.191. The van der Waals surface area contributed by atoms with Gasteiger partial charge in [-0.1, -0.05) is 0 Å². The van der Waals surface area contributed by atoms with Crippen molar-refractivity contribution in [3.05, 3.63) is 62.7 Å². The first kappa shape index (κ1) is 17.3. The molecule has 0 bridgehead atoms. The molecular weight excluding hydrogens is 351 g/mol.